The molecular formula is C16H27Si. The number of aryl methyl sites for hydroxylation is 2. The minimum atomic E-state index is -0.598. The van der Waals surface area contributed by atoms with Crippen LogP contribution in [0, 0.1) is 13.8 Å². The minimum absolute atomic E-state index is 0.392. The van der Waals surface area contributed by atoms with E-state index in [1.165, 1.54) is 11.1 Å². The molecule has 0 saturated heterocycles. The Morgan fingerprint density at radius 1 is 0.706 bits per heavy atom. The van der Waals surface area contributed by atoms with Crippen molar-refractivity contribution in [2.45, 2.75) is 65.5 Å². The fourth-order valence-corrected chi connectivity index (χ4v) is 7.84. The van der Waals surface area contributed by atoms with Crippen LogP contribution in [0.4, 0.5) is 0 Å². The van der Waals surface area contributed by atoms with Crippen LogP contribution in [0.5, 0.6) is 0 Å². The Bertz CT molecular complexity index is 357. The molecule has 0 unspecified atom stereocenters. The molecule has 0 fully saturated rings. The summed E-state index contributed by atoms with van der Waals surface area (Å²) in [6.45, 7) is 18.8. The first-order valence-electron chi connectivity index (χ1n) is 6.48. The van der Waals surface area contributed by atoms with E-state index >= 15 is 0 Å². The van der Waals surface area contributed by atoms with E-state index in [0.29, 0.717) is 10.1 Å². The lowest BCUT2D eigenvalue weighted by atomic mass is 10.2. The molecule has 1 rings (SSSR count). The molecule has 0 bridgehead atoms. The topological polar surface area (TPSA) is 0 Å². The van der Waals surface area contributed by atoms with Crippen LogP contribution >= 0.6 is 0 Å². The molecule has 0 aromatic heterocycles. The molecule has 0 heterocycles. The first kappa shape index (κ1) is 14.5. The van der Waals surface area contributed by atoms with Crippen LogP contribution in [0.2, 0.25) is 10.1 Å². The minimum Gasteiger partial charge on any atom is -0.0624 e. The summed E-state index contributed by atoms with van der Waals surface area (Å²) in [5.41, 5.74) is 2.80. The average Bonchev–Trinajstić information content (AvgIpc) is 1.93. The van der Waals surface area contributed by atoms with Gasteiger partial charge >= 0.3 is 0 Å². The summed E-state index contributed by atoms with van der Waals surface area (Å²) in [5.74, 6) is 0. The van der Waals surface area contributed by atoms with Crippen LogP contribution in [0.25, 0.3) is 0 Å². The van der Waals surface area contributed by atoms with Crippen LogP contribution < -0.4 is 5.19 Å². The average molecular weight is 247 g/mol. The number of hydrogen-bond acceptors (Lipinski definition) is 0. The first-order chi connectivity index (χ1) is 7.51. The molecule has 1 radical (unpaired) electrons. The van der Waals surface area contributed by atoms with Gasteiger partial charge in [0.2, 0.25) is 0 Å². The van der Waals surface area contributed by atoms with Gasteiger partial charge in [0.15, 0.2) is 0 Å². The van der Waals surface area contributed by atoms with Gasteiger partial charge in [-0.05, 0) is 23.9 Å². The van der Waals surface area contributed by atoms with E-state index < -0.39 is 8.80 Å². The quantitative estimate of drug-likeness (QED) is 0.636. The Kier molecular flexibility index (Phi) is 3.93. The van der Waals surface area contributed by atoms with Gasteiger partial charge in [-0.3, -0.25) is 0 Å². The third-order valence-corrected chi connectivity index (χ3v) is 6.88. The molecule has 95 valence electrons. The van der Waals surface area contributed by atoms with Crippen molar-refractivity contribution in [2.24, 2.45) is 0 Å². The van der Waals surface area contributed by atoms with E-state index in [1.54, 1.807) is 5.19 Å². The summed E-state index contributed by atoms with van der Waals surface area (Å²) in [5, 5.41) is 2.37. The molecule has 1 aromatic rings. The summed E-state index contributed by atoms with van der Waals surface area (Å²) in [6.07, 6.45) is 0. The third kappa shape index (κ3) is 3.70. The van der Waals surface area contributed by atoms with Gasteiger partial charge in [-0.2, -0.15) is 0 Å². The van der Waals surface area contributed by atoms with Crippen molar-refractivity contribution >= 4 is 14.0 Å². The fraction of sp³-hybridized carbons (Fsp3) is 0.625. The van der Waals surface area contributed by atoms with Gasteiger partial charge in [0.25, 0.3) is 0 Å². The van der Waals surface area contributed by atoms with Crippen molar-refractivity contribution in [1.82, 2.24) is 0 Å². The summed E-state index contributed by atoms with van der Waals surface area (Å²) >= 11 is 0. The molecule has 0 aliphatic rings. The Hall–Kier alpha value is -0.563. The van der Waals surface area contributed by atoms with Crippen LogP contribution in [-0.4, -0.2) is 8.80 Å². The fourth-order valence-electron chi connectivity index (χ4n) is 3.11. The normalized spacial score (nSPS) is 13.2. The van der Waals surface area contributed by atoms with Crippen molar-refractivity contribution < 1.29 is 0 Å². The van der Waals surface area contributed by atoms with Crippen LogP contribution in [0.1, 0.15) is 52.7 Å². The zero-order valence-electron chi connectivity index (χ0n) is 12.7. The molecule has 0 N–H and O–H groups in total. The van der Waals surface area contributed by atoms with Crippen molar-refractivity contribution in [1.29, 1.82) is 0 Å². The number of benzene rings is 1. The lowest BCUT2D eigenvalue weighted by Crippen LogP contribution is -2.46. The SMILES string of the molecule is Cc1cc(C)cc([Si](C(C)(C)C)C(C)(C)C)c1. The third-order valence-electron chi connectivity index (χ3n) is 3.01. The van der Waals surface area contributed by atoms with E-state index in [0.717, 1.165) is 0 Å². The maximum absolute atomic E-state index is 2.40. The summed E-state index contributed by atoms with van der Waals surface area (Å²) < 4.78 is 0. The summed E-state index contributed by atoms with van der Waals surface area (Å²) in [4.78, 5) is 0. The molecule has 0 nitrogen and oxygen atoms in total. The standard InChI is InChI=1S/C16H27Si/c1-12-9-13(2)11-14(10-12)17(15(3,4)5)16(6,7)8/h9-11H,1-8H3. The van der Waals surface area contributed by atoms with Crippen molar-refractivity contribution in [3.8, 4) is 0 Å². The maximum atomic E-state index is 2.40. The second kappa shape index (κ2) is 4.60. The molecule has 0 spiro atoms. The number of rotatable bonds is 1. The molecule has 0 amide bonds. The van der Waals surface area contributed by atoms with E-state index in [1.807, 2.05) is 0 Å². The second-order valence-corrected chi connectivity index (χ2v) is 11.6. The van der Waals surface area contributed by atoms with E-state index in [2.05, 4.69) is 73.6 Å². The molecule has 0 atom stereocenters. The summed E-state index contributed by atoms with van der Waals surface area (Å²) in [7, 11) is -0.598. The molecule has 0 saturated carbocycles. The van der Waals surface area contributed by atoms with Gasteiger partial charge in [0, 0.05) is 0 Å². The van der Waals surface area contributed by atoms with Gasteiger partial charge in [0.05, 0.1) is 8.80 Å². The molecule has 1 heteroatoms. The lowest BCUT2D eigenvalue weighted by Gasteiger charge is -2.39. The molecule has 1 aromatic carbocycles. The highest BCUT2D eigenvalue weighted by Crippen LogP contribution is 2.41. The zero-order chi connectivity index (χ0) is 13.4. The van der Waals surface area contributed by atoms with Gasteiger partial charge in [0.1, 0.15) is 0 Å². The molecular weight excluding hydrogens is 220 g/mol. The van der Waals surface area contributed by atoms with Crippen molar-refractivity contribution in [2.75, 3.05) is 0 Å². The van der Waals surface area contributed by atoms with Crippen LogP contribution in [0.3, 0.4) is 0 Å². The van der Waals surface area contributed by atoms with Crippen molar-refractivity contribution in [3.05, 3.63) is 29.3 Å². The smallest absolute Gasteiger partial charge is 0.0624 e. The van der Waals surface area contributed by atoms with Gasteiger partial charge in [-0.25, -0.2) is 0 Å². The largest absolute Gasteiger partial charge is 0.0970 e. The Balaban J connectivity index is 3.33. The first-order valence-corrected chi connectivity index (χ1v) is 7.98. The van der Waals surface area contributed by atoms with Gasteiger partial charge in [-0.1, -0.05) is 76.1 Å². The summed E-state index contributed by atoms with van der Waals surface area (Å²) in [6, 6.07) is 7.07. The lowest BCUT2D eigenvalue weighted by molar-refractivity contribution is 0.653. The predicted molar refractivity (Wildman–Crippen MR) is 80.7 cm³/mol. The predicted octanol–water partition coefficient (Wildman–Crippen LogP) is 4.61. The highest BCUT2D eigenvalue weighted by molar-refractivity contribution is 6.78. The zero-order valence-corrected chi connectivity index (χ0v) is 13.7. The maximum Gasteiger partial charge on any atom is 0.0970 e. The van der Waals surface area contributed by atoms with E-state index in [4.69, 9.17) is 0 Å². The highest BCUT2D eigenvalue weighted by Gasteiger charge is 2.38. The molecule has 0 aliphatic carbocycles. The van der Waals surface area contributed by atoms with Gasteiger partial charge in [-0.15, -0.1) is 0 Å². The van der Waals surface area contributed by atoms with E-state index in [9.17, 15) is 0 Å². The molecule has 0 aliphatic heterocycles. The van der Waals surface area contributed by atoms with E-state index in [-0.39, 0.29) is 0 Å². The monoisotopic (exact) mass is 247 g/mol. The Morgan fingerprint density at radius 3 is 1.35 bits per heavy atom. The molecule has 17 heavy (non-hydrogen) atoms. The number of hydrogen-bond donors (Lipinski definition) is 0. The van der Waals surface area contributed by atoms with Crippen LogP contribution in [0.15, 0.2) is 18.2 Å². The van der Waals surface area contributed by atoms with Gasteiger partial charge < -0.3 is 0 Å². The Morgan fingerprint density at radius 2 is 1.06 bits per heavy atom. The highest BCUT2D eigenvalue weighted by atomic mass is 28.3. The second-order valence-electron chi connectivity index (χ2n) is 7.25. The van der Waals surface area contributed by atoms with Crippen molar-refractivity contribution in [3.63, 3.8) is 0 Å². The van der Waals surface area contributed by atoms with Crippen LogP contribution in [-0.2, 0) is 0 Å². The Labute approximate surface area is 109 Å².